The van der Waals surface area contributed by atoms with Crippen molar-refractivity contribution in [1.29, 1.82) is 0 Å². The summed E-state index contributed by atoms with van der Waals surface area (Å²) in [5, 5.41) is 0. The lowest BCUT2D eigenvalue weighted by molar-refractivity contribution is -0.117. The zero-order valence-electron chi connectivity index (χ0n) is 9.54. The maximum atomic E-state index is 11.5. The van der Waals surface area contributed by atoms with Crippen molar-refractivity contribution in [2.45, 2.75) is 46.5 Å². The Bertz CT molecular complexity index is 190. The molecule has 0 saturated carbocycles. The van der Waals surface area contributed by atoms with E-state index in [-0.39, 0.29) is 5.78 Å². The molecule has 14 heavy (non-hydrogen) atoms. The number of carbonyl (C=O) groups is 1. The topological polar surface area (TPSA) is 34.1 Å². The summed E-state index contributed by atoms with van der Waals surface area (Å²) in [6.45, 7) is 5.86. The first kappa shape index (κ1) is 13.8. The van der Waals surface area contributed by atoms with Crippen LogP contribution < -0.4 is 0 Å². The van der Waals surface area contributed by atoms with E-state index in [0.717, 1.165) is 30.8 Å². The lowest BCUT2D eigenvalue weighted by Gasteiger charge is -2.07. The van der Waals surface area contributed by atoms with Crippen LogP contribution in [0.3, 0.4) is 0 Å². The number of unbranched alkanes of at least 4 members (excludes halogenated alkanes) is 1. The van der Waals surface area contributed by atoms with Crippen LogP contribution in [0.2, 0.25) is 0 Å². The molecule has 0 aliphatic rings. The lowest BCUT2D eigenvalue weighted by Crippen LogP contribution is -2.10. The molecule has 0 saturated heterocycles. The molecule has 0 N–H and O–H groups in total. The highest BCUT2D eigenvalue weighted by atomic mass is 32.2. The maximum Gasteiger partial charge on any atom is 0.129 e. The van der Waals surface area contributed by atoms with Crippen molar-refractivity contribution in [1.82, 2.24) is 0 Å². The minimum Gasteiger partial charge on any atom is -0.300 e. The van der Waals surface area contributed by atoms with Gasteiger partial charge in [0.25, 0.3) is 0 Å². The third kappa shape index (κ3) is 8.42. The molecule has 0 heterocycles. The molecule has 0 aliphatic carbocycles. The Hall–Kier alpha value is -0.180. The highest BCUT2D eigenvalue weighted by Crippen LogP contribution is 2.05. The summed E-state index contributed by atoms with van der Waals surface area (Å²) in [5.41, 5.74) is 0. The van der Waals surface area contributed by atoms with Crippen molar-refractivity contribution >= 4 is 16.6 Å². The Kier molecular flexibility index (Phi) is 8.05. The average Bonchev–Trinajstić information content (AvgIpc) is 2.12. The largest absolute Gasteiger partial charge is 0.300 e. The van der Waals surface area contributed by atoms with Crippen LogP contribution in [0.1, 0.15) is 46.5 Å². The molecular weight excluding hydrogens is 196 g/mol. The van der Waals surface area contributed by atoms with Crippen LogP contribution in [0, 0.1) is 5.92 Å². The molecule has 0 fully saturated rings. The molecule has 2 unspecified atom stereocenters. The molecule has 0 aromatic carbocycles. The van der Waals surface area contributed by atoms with Crippen LogP contribution in [0.25, 0.3) is 0 Å². The summed E-state index contributed by atoms with van der Waals surface area (Å²) < 4.78 is 11.5. The standard InChI is InChI=1S/C11H22O2S/c1-4-10(2)9-14(13)8-6-5-7-11(3)12/h10H,4-9H2,1-3H3. The summed E-state index contributed by atoms with van der Waals surface area (Å²) in [6.07, 6.45) is 3.55. The van der Waals surface area contributed by atoms with Crippen LogP contribution in [-0.4, -0.2) is 21.5 Å². The first-order chi connectivity index (χ1) is 6.56. The third-order valence-corrected chi connectivity index (χ3v) is 4.00. The van der Waals surface area contributed by atoms with E-state index in [1.54, 1.807) is 6.92 Å². The number of ketones is 1. The van der Waals surface area contributed by atoms with E-state index in [2.05, 4.69) is 13.8 Å². The molecular formula is C11H22O2S. The van der Waals surface area contributed by atoms with Gasteiger partial charge in [-0.2, -0.15) is 0 Å². The van der Waals surface area contributed by atoms with E-state index in [0.29, 0.717) is 12.3 Å². The molecule has 0 aromatic heterocycles. The van der Waals surface area contributed by atoms with Crippen LogP contribution in [0.5, 0.6) is 0 Å². The van der Waals surface area contributed by atoms with Crippen molar-refractivity contribution in [3.05, 3.63) is 0 Å². The molecule has 0 amide bonds. The molecule has 0 rings (SSSR count). The fourth-order valence-corrected chi connectivity index (χ4v) is 2.72. The SMILES string of the molecule is CCC(C)CS(=O)CCCCC(C)=O. The fraction of sp³-hybridized carbons (Fsp3) is 0.909. The van der Waals surface area contributed by atoms with E-state index in [1.165, 1.54) is 0 Å². The van der Waals surface area contributed by atoms with E-state index < -0.39 is 10.8 Å². The minimum absolute atomic E-state index is 0.234. The molecule has 0 spiro atoms. The molecule has 2 atom stereocenters. The van der Waals surface area contributed by atoms with Gasteiger partial charge in [0.15, 0.2) is 0 Å². The Morgan fingerprint density at radius 3 is 2.50 bits per heavy atom. The van der Waals surface area contributed by atoms with Crippen molar-refractivity contribution in [3.8, 4) is 0 Å². The minimum atomic E-state index is -0.676. The van der Waals surface area contributed by atoms with Gasteiger partial charge in [0.1, 0.15) is 5.78 Å². The van der Waals surface area contributed by atoms with Gasteiger partial charge >= 0.3 is 0 Å². The van der Waals surface area contributed by atoms with Gasteiger partial charge in [0.2, 0.25) is 0 Å². The summed E-state index contributed by atoms with van der Waals surface area (Å²) in [6, 6.07) is 0. The van der Waals surface area contributed by atoms with E-state index in [9.17, 15) is 9.00 Å². The summed E-state index contributed by atoms with van der Waals surface area (Å²) in [4.78, 5) is 10.6. The number of hydrogen-bond donors (Lipinski definition) is 0. The van der Waals surface area contributed by atoms with Crippen molar-refractivity contribution in [2.75, 3.05) is 11.5 Å². The number of carbonyl (C=O) groups excluding carboxylic acids is 1. The molecule has 84 valence electrons. The van der Waals surface area contributed by atoms with E-state index in [4.69, 9.17) is 0 Å². The van der Waals surface area contributed by atoms with Gasteiger partial charge in [-0.05, 0) is 25.7 Å². The fourth-order valence-electron chi connectivity index (χ4n) is 1.16. The number of hydrogen-bond acceptors (Lipinski definition) is 2. The Morgan fingerprint density at radius 2 is 2.00 bits per heavy atom. The second-order valence-electron chi connectivity index (χ2n) is 3.98. The van der Waals surface area contributed by atoms with Crippen LogP contribution >= 0.6 is 0 Å². The van der Waals surface area contributed by atoms with Crippen LogP contribution in [-0.2, 0) is 15.6 Å². The molecule has 3 heteroatoms. The molecule has 2 nitrogen and oxygen atoms in total. The predicted molar refractivity (Wildman–Crippen MR) is 61.9 cm³/mol. The van der Waals surface area contributed by atoms with E-state index >= 15 is 0 Å². The average molecular weight is 218 g/mol. The quantitative estimate of drug-likeness (QED) is 0.587. The zero-order valence-corrected chi connectivity index (χ0v) is 10.4. The second kappa shape index (κ2) is 8.16. The van der Waals surface area contributed by atoms with Gasteiger partial charge in [-0.3, -0.25) is 4.21 Å². The van der Waals surface area contributed by atoms with Gasteiger partial charge in [0, 0.05) is 28.7 Å². The Morgan fingerprint density at radius 1 is 1.36 bits per heavy atom. The normalized spacial score (nSPS) is 15.1. The Labute approximate surface area is 89.9 Å². The molecule has 0 aromatic rings. The first-order valence-corrected chi connectivity index (χ1v) is 6.89. The molecule has 0 bridgehead atoms. The van der Waals surface area contributed by atoms with Crippen molar-refractivity contribution < 1.29 is 9.00 Å². The number of rotatable bonds is 8. The van der Waals surface area contributed by atoms with Crippen molar-refractivity contribution in [2.24, 2.45) is 5.92 Å². The smallest absolute Gasteiger partial charge is 0.129 e. The van der Waals surface area contributed by atoms with E-state index in [1.807, 2.05) is 0 Å². The third-order valence-electron chi connectivity index (χ3n) is 2.32. The monoisotopic (exact) mass is 218 g/mol. The Balaban J connectivity index is 3.40. The molecule has 0 aliphatic heterocycles. The van der Waals surface area contributed by atoms with Gasteiger partial charge in [0.05, 0.1) is 0 Å². The lowest BCUT2D eigenvalue weighted by atomic mass is 10.2. The van der Waals surface area contributed by atoms with Gasteiger partial charge < -0.3 is 4.79 Å². The van der Waals surface area contributed by atoms with Crippen LogP contribution in [0.4, 0.5) is 0 Å². The van der Waals surface area contributed by atoms with Gasteiger partial charge in [-0.25, -0.2) is 0 Å². The first-order valence-electron chi connectivity index (χ1n) is 5.40. The summed E-state index contributed by atoms with van der Waals surface area (Å²) in [7, 11) is -0.676. The predicted octanol–water partition coefficient (Wildman–Crippen LogP) is 2.54. The molecule has 0 radical (unpaired) electrons. The second-order valence-corrected chi connectivity index (χ2v) is 5.60. The zero-order chi connectivity index (χ0) is 11.0. The summed E-state index contributed by atoms with van der Waals surface area (Å²) >= 11 is 0. The van der Waals surface area contributed by atoms with Gasteiger partial charge in [-0.1, -0.05) is 20.3 Å². The summed E-state index contributed by atoms with van der Waals surface area (Å²) in [5.74, 6) is 2.37. The van der Waals surface area contributed by atoms with Crippen molar-refractivity contribution in [3.63, 3.8) is 0 Å². The van der Waals surface area contributed by atoms with Gasteiger partial charge in [-0.15, -0.1) is 0 Å². The van der Waals surface area contributed by atoms with Crippen LogP contribution in [0.15, 0.2) is 0 Å². The maximum absolute atomic E-state index is 11.5. The highest BCUT2D eigenvalue weighted by Gasteiger charge is 2.05. The highest BCUT2D eigenvalue weighted by molar-refractivity contribution is 7.84. The number of Topliss-reactive ketones (excluding diaryl/α,β-unsaturated/α-hetero) is 1.